The largest absolute Gasteiger partial charge is 0.480 e. The topological polar surface area (TPSA) is 202 Å². The number of carboxylic acids is 1. The number of sulfonamides is 1. The molecule has 0 saturated heterocycles. The van der Waals surface area contributed by atoms with E-state index in [1.54, 1.807) is 24.4 Å². The van der Waals surface area contributed by atoms with Crippen LogP contribution in [0.5, 0.6) is 0 Å². The Morgan fingerprint density at radius 2 is 1.97 bits per heavy atom. The summed E-state index contributed by atoms with van der Waals surface area (Å²) in [6.07, 6.45) is 2.71. The lowest BCUT2D eigenvalue weighted by Crippen LogP contribution is -2.46. The number of thiophene rings is 1. The van der Waals surface area contributed by atoms with E-state index in [0.29, 0.717) is 24.2 Å². The number of benzene rings is 1. The van der Waals surface area contributed by atoms with E-state index in [0.717, 1.165) is 11.3 Å². The molecule has 186 valence electrons. The standard InChI is InChI=1S/C21H25N7O5S2/c22-21(23)25-8-2-5-17(20(30)31)27-19(29)18-16(7-10-34-18)28-35(32,33)14-4-1-3-13(11-14)15-6-9-24-12-26-15/h1,3-4,6-7,9-12,17,21,25,28H,2,5,8,22-23H2,(H,27,29)(H,30,31)/t17-/m0/s1. The van der Waals surface area contributed by atoms with Gasteiger partial charge in [-0.25, -0.2) is 23.2 Å². The summed E-state index contributed by atoms with van der Waals surface area (Å²) in [5, 5.41) is 16.2. The van der Waals surface area contributed by atoms with Crippen molar-refractivity contribution < 1.29 is 23.1 Å². The van der Waals surface area contributed by atoms with Crippen LogP contribution in [0, 0.1) is 0 Å². The second kappa shape index (κ2) is 11.8. The number of carbonyl (C=O) groups excluding carboxylic acids is 1. The maximum absolute atomic E-state index is 13.0. The van der Waals surface area contributed by atoms with Crippen LogP contribution in [0.15, 0.2) is 59.2 Å². The quantitative estimate of drug-likeness (QED) is 0.146. The lowest BCUT2D eigenvalue weighted by Gasteiger charge is -2.16. The molecule has 0 spiro atoms. The van der Waals surface area contributed by atoms with Crippen LogP contribution in [0.3, 0.4) is 0 Å². The predicted molar refractivity (Wildman–Crippen MR) is 131 cm³/mol. The Labute approximate surface area is 205 Å². The van der Waals surface area contributed by atoms with E-state index in [-0.39, 0.29) is 21.9 Å². The molecule has 0 unspecified atom stereocenters. The van der Waals surface area contributed by atoms with Crippen LogP contribution in [-0.2, 0) is 14.8 Å². The first-order valence-corrected chi connectivity index (χ1v) is 12.8. The summed E-state index contributed by atoms with van der Waals surface area (Å²) in [6, 6.07) is 8.09. The molecule has 3 rings (SSSR count). The first-order chi connectivity index (χ1) is 16.7. The van der Waals surface area contributed by atoms with Crippen LogP contribution < -0.4 is 26.8 Å². The first-order valence-electron chi connectivity index (χ1n) is 10.4. The fraction of sp³-hybridized carbons (Fsp3) is 0.238. The highest BCUT2D eigenvalue weighted by atomic mass is 32.2. The molecule has 1 atom stereocenters. The van der Waals surface area contributed by atoms with Crippen LogP contribution >= 0.6 is 11.3 Å². The number of amides is 1. The van der Waals surface area contributed by atoms with E-state index in [1.807, 2.05) is 0 Å². The van der Waals surface area contributed by atoms with Gasteiger partial charge in [-0.2, -0.15) is 0 Å². The molecule has 0 aliphatic heterocycles. The van der Waals surface area contributed by atoms with Gasteiger partial charge in [-0.05, 0) is 49.0 Å². The first kappa shape index (κ1) is 26.2. The third-order valence-corrected chi connectivity index (χ3v) is 7.07. The Balaban J connectivity index is 1.73. The van der Waals surface area contributed by atoms with Gasteiger partial charge in [0.25, 0.3) is 15.9 Å². The summed E-state index contributed by atoms with van der Waals surface area (Å²) in [7, 11) is -4.06. The minimum Gasteiger partial charge on any atom is -0.480 e. The van der Waals surface area contributed by atoms with Crippen molar-refractivity contribution in [2.24, 2.45) is 11.5 Å². The molecule has 2 heterocycles. The Hall–Kier alpha value is -3.43. The molecule has 0 radical (unpaired) electrons. The Bertz CT molecular complexity index is 1270. The number of nitrogens with zero attached hydrogens (tertiary/aromatic N) is 2. The SMILES string of the molecule is NC(N)NCCC[C@H](NC(=O)c1sccc1NS(=O)(=O)c1cccc(-c2ccncn2)c1)C(=O)O. The van der Waals surface area contributed by atoms with Crippen molar-refractivity contribution in [3.8, 4) is 11.3 Å². The molecule has 14 heteroatoms. The smallest absolute Gasteiger partial charge is 0.326 e. The zero-order valence-electron chi connectivity index (χ0n) is 18.4. The van der Waals surface area contributed by atoms with E-state index in [1.165, 1.54) is 29.9 Å². The molecule has 0 saturated carbocycles. The summed E-state index contributed by atoms with van der Waals surface area (Å²) >= 11 is 0.985. The monoisotopic (exact) mass is 519 g/mol. The van der Waals surface area contributed by atoms with Gasteiger partial charge in [0, 0.05) is 11.8 Å². The lowest BCUT2D eigenvalue weighted by molar-refractivity contribution is -0.139. The third-order valence-electron chi connectivity index (χ3n) is 4.79. The van der Waals surface area contributed by atoms with Gasteiger partial charge in [0.2, 0.25) is 0 Å². The number of nitrogens with two attached hydrogens (primary N) is 2. The van der Waals surface area contributed by atoms with Crippen molar-refractivity contribution in [1.29, 1.82) is 0 Å². The van der Waals surface area contributed by atoms with Crippen LogP contribution in [-0.4, -0.2) is 54.2 Å². The van der Waals surface area contributed by atoms with Gasteiger partial charge in [0.15, 0.2) is 0 Å². The van der Waals surface area contributed by atoms with Crippen molar-refractivity contribution >= 4 is 38.9 Å². The molecule has 0 aliphatic rings. The number of anilines is 1. The molecule has 0 fully saturated rings. The zero-order chi connectivity index (χ0) is 25.4. The highest BCUT2D eigenvalue weighted by Crippen LogP contribution is 2.27. The van der Waals surface area contributed by atoms with Crippen LogP contribution in [0.25, 0.3) is 11.3 Å². The number of rotatable bonds is 12. The van der Waals surface area contributed by atoms with Crippen LogP contribution in [0.1, 0.15) is 22.5 Å². The van der Waals surface area contributed by atoms with Gasteiger partial charge in [0.1, 0.15) is 23.5 Å². The maximum Gasteiger partial charge on any atom is 0.326 e. The Morgan fingerprint density at radius 3 is 2.66 bits per heavy atom. The van der Waals surface area contributed by atoms with Gasteiger partial charge in [-0.15, -0.1) is 11.3 Å². The highest BCUT2D eigenvalue weighted by Gasteiger charge is 2.25. The Kier molecular flexibility index (Phi) is 8.84. The predicted octanol–water partition coefficient (Wildman–Crippen LogP) is 0.760. The van der Waals surface area contributed by atoms with Gasteiger partial charge in [-0.1, -0.05) is 12.1 Å². The second-order valence-corrected chi connectivity index (χ2v) is 9.98. The molecule has 2 aromatic heterocycles. The molecule has 3 aromatic rings. The average molecular weight is 520 g/mol. The normalized spacial score (nSPS) is 12.3. The van der Waals surface area contributed by atoms with Crippen LogP contribution in [0.2, 0.25) is 0 Å². The number of aliphatic carboxylic acids is 1. The van der Waals surface area contributed by atoms with Crippen molar-refractivity contribution in [2.45, 2.75) is 30.1 Å². The van der Waals surface area contributed by atoms with Crippen LogP contribution in [0.4, 0.5) is 5.69 Å². The molecule has 0 aliphatic carbocycles. The molecule has 35 heavy (non-hydrogen) atoms. The van der Waals surface area contributed by atoms with Gasteiger partial charge < -0.3 is 21.9 Å². The summed E-state index contributed by atoms with van der Waals surface area (Å²) < 4.78 is 28.5. The van der Waals surface area contributed by atoms with E-state index in [4.69, 9.17) is 11.5 Å². The van der Waals surface area contributed by atoms with Gasteiger partial charge >= 0.3 is 5.97 Å². The van der Waals surface area contributed by atoms with E-state index >= 15 is 0 Å². The third kappa shape index (κ3) is 7.27. The molecule has 1 amide bonds. The van der Waals surface area contributed by atoms with Crippen molar-refractivity contribution in [1.82, 2.24) is 20.6 Å². The van der Waals surface area contributed by atoms with Crippen molar-refractivity contribution in [3.63, 3.8) is 0 Å². The fourth-order valence-corrected chi connectivity index (χ4v) is 5.04. The number of hydrogen-bond donors (Lipinski definition) is 6. The highest BCUT2D eigenvalue weighted by molar-refractivity contribution is 7.92. The van der Waals surface area contributed by atoms with Gasteiger partial charge in [-0.3, -0.25) is 14.8 Å². The van der Waals surface area contributed by atoms with E-state index in [9.17, 15) is 23.1 Å². The molecule has 8 N–H and O–H groups in total. The van der Waals surface area contributed by atoms with E-state index < -0.39 is 34.2 Å². The summed E-state index contributed by atoms with van der Waals surface area (Å²) in [5.74, 6) is -1.92. The minimum absolute atomic E-state index is 0.0276. The van der Waals surface area contributed by atoms with E-state index in [2.05, 4.69) is 25.3 Å². The number of aromatic nitrogens is 2. The van der Waals surface area contributed by atoms with Crippen molar-refractivity contribution in [3.05, 3.63) is 59.2 Å². The average Bonchev–Trinajstić information content (AvgIpc) is 3.29. The fourth-order valence-electron chi connectivity index (χ4n) is 3.11. The summed E-state index contributed by atoms with van der Waals surface area (Å²) in [6.45, 7) is 0.370. The second-order valence-electron chi connectivity index (χ2n) is 7.38. The molecule has 0 bridgehead atoms. The maximum atomic E-state index is 13.0. The summed E-state index contributed by atoms with van der Waals surface area (Å²) in [4.78, 5) is 32.3. The number of hydrogen-bond acceptors (Lipinski definition) is 10. The number of carboxylic acid groups (broad SMARTS) is 1. The summed E-state index contributed by atoms with van der Waals surface area (Å²) in [5.41, 5.74) is 11.9. The lowest BCUT2D eigenvalue weighted by atomic mass is 10.1. The molecule has 1 aromatic carbocycles. The number of nitrogens with one attached hydrogen (secondary N) is 3. The Morgan fingerprint density at radius 1 is 1.17 bits per heavy atom. The molecular weight excluding hydrogens is 494 g/mol. The molecular formula is C21H25N7O5S2. The van der Waals surface area contributed by atoms with Crippen molar-refractivity contribution in [2.75, 3.05) is 11.3 Å². The van der Waals surface area contributed by atoms with Gasteiger partial charge in [0.05, 0.1) is 16.3 Å². The molecule has 12 nitrogen and oxygen atoms in total. The minimum atomic E-state index is -4.06. The number of carbonyl (C=O) groups is 2. The zero-order valence-corrected chi connectivity index (χ0v) is 20.1.